The first-order valence-corrected chi connectivity index (χ1v) is 7.22. The van der Waals surface area contributed by atoms with E-state index >= 15 is 0 Å². The van der Waals surface area contributed by atoms with Crippen molar-refractivity contribution in [2.45, 2.75) is 19.9 Å². The monoisotopic (exact) mass is 288 g/mol. The molecule has 0 aliphatic rings. The van der Waals surface area contributed by atoms with Gasteiger partial charge in [0.25, 0.3) is 0 Å². The summed E-state index contributed by atoms with van der Waals surface area (Å²) in [6.07, 6.45) is 0.766. The van der Waals surface area contributed by atoms with Gasteiger partial charge in [0.2, 0.25) is 0 Å². The molecule has 1 aromatic carbocycles. The Kier molecular flexibility index (Phi) is 3.49. The van der Waals surface area contributed by atoms with Crippen molar-refractivity contribution >= 4 is 22.8 Å². The Morgan fingerprint density at radius 2 is 1.95 bits per heavy atom. The third kappa shape index (κ3) is 2.20. The maximum absolute atomic E-state index is 5.91. The van der Waals surface area contributed by atoms with Crippen LogP contribution in [0.15, 0.2) is 30.3 Å². The van der Waals surface area contributed by atoms with Gasteiger partial charge in [0, 0.05) is 19.3 Å². The number of benzene rings is 1. The number of imidazole rings is 1. The highest BCUT2D eigenvalue weighted by atomic mass is 35.5. The Morgan fingerprint density at radius 3 is 2.65 bits per heavy atom. The first-order chi connectivity index (χ1) is 9.70. The Balaban J connectivity index is 2.13. The zero-order valence-electron chi connectivity index (χ0n) is 11.7. The highest BCUT2D eigenvalue weighted by Crippen LogP contribution is 2.21. The zero-order chi connectivity index (χ0) is 14.1. The van der Waals surface area contributed by atoms with Gasteiger partial charge in [0.05, 0.1) is 12.2 Å². The summed E-state index contributed by atoms with van der Waals surface area (Å²) < 4.78 is 4.12. The van der Waals surface area contributed by atoms with Crippen molar-refractivity contribution in [1.82, 2.24) is 19.3 Å². The van der Waals surface area contributed by atoms with Gasteiger partial charge in [-0.2, -0.15) is 5.10 Å². The summed E-state index contributed by atoms with van der Waals surface area (Å²) in [4.78, 5) is 4.71. The lowest BCUT2D eigenvalue weighted by Crippen LogP contribution is -2.09. The molecule has 0 unspecified atom stereocenters. The number of hydrogen-bond donors (Lipinski definition) is 0. The van der Waals surface area contributed by atoms with Crippen molar-refractivity contribution in [3.05, 3.63) is 47.4 Å². The van der Waals surface area contributed by atoms with Crippen molar-refractivity contribution < 1.29 is 0 Å². The molecule has 0 aliphatic carbocycles. The summed E-state index contributed by atoms with van der Waals surface area (Å²) >= 11 is 5.91. The van der Waals surface area contributed by atoms with Crippen LogP contribution < -0.4 is 0 Å². The molecular weight excluding hydrogens is 272 g/mol. The van der Waals surface area contributed by atoms with Crippen molar-refractivity contribution in [2.24, 2.45) is 7.05 Å². The largest absolute Gasteiger partial charge is 0.308 e. The van der Waals surface area contributed by atoms with Crippen LogP contribution >= 0.6 is 11.6 Å². The predicted molar refractivity (Wildman–Crippen MR) is 81.2 cm³/mol. The molecular formula is C15H17ClN4. The van der Waals surface area contributed by atoms with Crippen LogP contribution in [0.1, 0.15) is 17.1 Å². The number of hydrogen-bond acceptors (Lipinski definition) is 2. The number of halogens is 1. The van der Waals surface area contributed by atoms with E-state index in [1.807, 2.05) is 24.7 Å². The normalized spacial score (nSPS) is 11.3. The van der Waals surface area contributed by atoms with Gasteiger partial charge in [0.1, 0.15) is 11.3 Å². The topological polar surface area (TPSA) is 35.6 Å². The molecule has 0 atom stereocenters. The fourth-order valence-corrected chi connectivity index (χ4v) is 2.76. The van der Waals surface area contributed by atoms with E-state index in [0.717, 1.165) is 35.6 Å². The highest BCUT2D eigenvalue weighted by molar-refractivity contribution is 6.17. The third-order valence-electron chi connectivity index (χ3n) is 3.47. The zero-order valence-corrected chi connectivity index (χ0v) is 12.4. The molecule has 0 aliphatic heterocycles. The number of rotatable bonds is 4. The number of fused-ring (bicyclic) bond motifs is 1. The third-order valence-corrected chi connectivity index (χ3v) is 3.66. The van der Waals surface area contributed by atoms with E-state index < -0.39 is 0 Å². The highest BCUT2D eigenvalue weighted by Gasteiger charge is 2.17. The van der Waals surface area contributed by atoms with Crippen molar-refractivity contribution in [1.29, 1.82) is 0 Å². The summed E-state index contributed by atoms with van der Waals surface area (Å²) in [6, 6.07) is 10.4. The molecule has 0 fully saturated rings. The molecule has 0 saturated heterocycles. The predicted octanol–water partition coefficient (Wildman–Crippen LogP) is 2.91. The van der Waals surface area contributed by atoms with Crippen molar-refractivity contribution in [3.63, 3.8) is 0 Å². The Bertz CT molecular complexity index is 727. The van der Waals surface area contributed by atoms with Gasteiger partial charge in [0.15, 0.2) is 5.65 Å². The molecule has 0 saturated carbocycles. The van der Waals surface area contributed by atoms with Gasteiger partial charge in [-0.1, -0.05) is 30.3 Å². The summed E-state index contributed by atoms with van der Waals surface area (Å²) in [7, 11) is 1.96. The summed E-state index contributed by atoms with van der Waals surface area (Å²) in [5.74, 6) is 1.60. The minimum absolute atomic E-state index is 0.574. The Morgan fingerprint density at radius 1 is 1.20 bits per heavy atom. The van der Waals surface area contributed by atoms with E-state index in [9.17, 15) is 0 Å². The molecule has 5 heteroatoms. The van der Waals surface area contributed by atoms with Crippen LogP contribution in [-0.4, -0.2) is 25.2 Å². The first-order valence-electron chi connectivity index (χ1n) is 6.69. The molecule has 104 valence electrons. The van der Waals surface area contributed by atoms with Gasteiger partial charge < -0.3 is 4.57 Å². The second-order valence-electron chi connectivity index (χ2n) is 4.92. The first kappa shape index (κ1) is 13.2. The molecule has 0 spiro atoms. The van der Waals surface area contributed by atoms with Gasteiger partial charge in [-0.05, 0) is 12.5 Å². The van der Waals surface area contributed by atoms with Gasteiger partial charge in [-0.25, -0.2) is 4.98 Å². The minimum atomic E-state index is 0.574. The van der Waals surface area contributed by atoms with Crippen LogP contribution in [0.25, 0.3) is 11.2 Å². The molecule has 0 radical (unpaired) electrons. The van der Waals surface area contributed by atoms with Crippen molar-refractivity contribution in [3.8, 4) is 0 Å². The fourth-order valence-electron chi connectivity index (χ4n) is 2.59. The molecule has 0 bridgehead atoms. The summed E-state index contributed by atoms with van der Waals surface area (Å²) in [6.45, 7) is 2.79. The van der Waals surface area contributed by atoms with E-state index in [2.05, 4.69) is 33.9 Å². The average Bonchev–Trinajstić information content (AvgIpc) is 2.92. The summed E-state index contributed by atoms with van der Waals surface area (Å²) in [5, 5.41) is 4.45. The molecule has 20 heavy (non-hydrogen) atoms. The molecule has 3 rings (SSSR count). The lowest BCUT2D eigenvalue weighted by atomic mass is 10.2. The smallest absolute Gasteiger partial charge is 0.158 e. The molecule has 4 nitrogen and oxygen atoms in total. The number of aromatic nitrogens is 4. The van der Waals surface area contributed by atoms with Crippen molar-refractivity contribution in [2.75, 3.05) is 5.88 Å². The van der Waals surface area contributed by atoms with Gasteiger partial charge >= 0.3 is 0 Å². The number of aryl methyl sites for hydroxylation is 3. The minimum Gasteiger partial charge on any atom is -0.308 e. The van der Waals surface area contributed by atoms with Crippen LogP contribution in [-0.2, 0) is 20.0 Å². The maximum atomic E-state index is 5.91. The second-order valence-corrected chi connectivity index (χ2v) is 5.30. The lowest BCUT2D eigenvalue weighted by Gasteiger charge is -2.09. The molecule has 3 aromatic rings. The van der Waals surface area contributed by atoms with E-state index in [0.29, 0.717) is 5.88 Å². The van der Waals surface area contributed by atoms with Crippen LogP contribution in [0, 0.1) is 6.92 Å². The van der Waals surface area contributed by atoms with Gasteiger partial charge in [-0.3, -0.25) is 4.68 Å². The van der Waals surface area contributed by atoms with Crippen LogP contribution in [0.5, 0.6) is 0 Å². The quantitative estimate of drug-likeness (QED) is 0.692. The molecule has 0 N–H and O–H groups in total. The number of nitrogens with zero attached hydrogens (tertiary/aromatic N) is 4. The van der Waals surface area contributed by atoms with Crippen LogP contribution in [0.2, 0.25) is 0 Å². The van der Waals surface area contributed by atoms with Gasteiger partial charge in [-0.15, -0.1) is 11.6 Å². The molecule has 2 aromatic heterocycles. The Hall–Kier alpha value is -1.81. The Labute approximate surface area is 123 Å². The van der Waals surface area contributed by atoms with Crippen LogP contribution in [0.3, 0.4) is 0 Å². The maximum Gasteiger partial charge on any atom is 0.158 e. The average molecular weight is 289 g/mol. The second kappa shape index (κ2) is 5.29. The standard InChI is InChI=1S/C15H17ClN4/c1-11-14-15(19(2)18-11)20(13(17-14)8-9-16)10-12-6-4-3-5-7-12/h3-7H,8-10H2,1-2H3. The lowest BCUT2D eigenvalue weighted by molar-refractivity contribution is 0.692. The molecule has 2 heterocycles. The van der Waals surface area contributed by atoms with E-state index in [4.69, 9.17) is 16.6 Å². The molecule has 0 amide bonds. The van der Waals surface area contributed by atoms with E-state index in [-0.39, 0.29) is 0 Å². The summed E-state index contributed by atoms with van der Waals surface area (Å²) in [5.41, 5.74) is 4.25. The van der Waals surface area contributed by atoms with E-state index in [1.165, 1.54) is 5.56 Å². The van der Waals surface area contributed by atoms with E-state index in [1.54, 1.807) is 0 Å². The fraction of sp³-hybridized carbons (Fsp3) is 0.333. The van der Waals surface area contributed by atoms with Crippen LogP contribution in [0.4, 0.5) is 0 Å². The number of alkyl halides is 1. The SMILES string of the molecule is Cc1nn(C)c2c1nc(CCCl)n2Cc1ccccc1.